The number of aromatic nitrogens is 2. The molecule has 4 rings (SSSR count). The second-order valence-corrected chi connectivity index (χ2v) is 7.84. The normalized spacial score (nSPS) is 13.6. The molecule has 1 aliphatic heterocycles. The Morgan fingerprint density at radius 2 is 1.90 bits per heavy atom. The van der Waals surface area contributed by atoms with Crippen LogP contribution in [0.4, 0.5) is 4.39 Å². The van der Waals surface area contributed by atoms with Gasteiger partial charge in [0.25, 0.3) is 11.8 Å². The number of halogens is 1. The van der Waals surface area contributed by atoms with Crippen LogP contribution in [0.15, 0.2) is 54.6 Å². The molecule has 2 amide bonds. The van der Waals surface area contributed by atoms with Crippen LogP contribution in [0.2, 0.25) is 0 Å². The summed E-state index contributed by atoms with van der Waals surface area (Å²) >= 11 is 0. The van der Waals surface area contributed by atoms with Crippen LogP contribution in [0.5, 0.6) is 0 Å². The number of nitrogens with zero attached hydrogens (tertiary/aromatic N) is 3. The molecule has 0 saturated carbocycles. The fourth-order valence-electron chi connectivity index (χ4n) is 3.83. The van der Waals surface area contributed by atoms with E-state index in [1.165, 1.54) is 17.7 Å². The number of rotatable bonds is 6. The highest BCUT2D eigenvalue weighted by atomic mass is 19.1. The zero-order valence-corrected chi connectivity index (χ0v) is 17.5. The van der Waals surface area contributed by atoms with Gasteiger partial charge in [-0.3, -0.25) is 14.3 Å². The van der Waals surface area contributed by atoms with Gasteiger partial charge in [0, 0.05) is 32.2 Å². The summed E-state index contributed by atoms with van der Waals surface area (Å²) in [6, 6.07) is 16.0. The maximum Gasteiger partial charge on any atom is 0.272 e. The summed E-state index contributed by atoms with van der Waals surface area (Å²) in [6.07, 6.45) is 1.44. The van der Waals surface area contributed by atoms with Crippen molar-refractivity contribution in [2.75, 3.05) is 13.1 Å². The average molecular weight is 420 g/mol. The van der Waals surface area contributed by atoms with E-state index in [9.17, 15) is 14.0 Å². The number of hydrogen-bond donors (Lipinski definition) is 1. The monoisotopic (exact) mass is 420 g/mol. The number of amides is 2. The van der Waals surface area contributed by atoms with Crippen LogP contribution in [0.3, 0.4) is 0 Å². The van der Waals surface area contributed by atoms with E-state index in [1.54, 1.807) is 27.8 Å². The minimum atomic E-state index is -0.325. The van der Waals surface area contributed by atoms with E-state index in [-0.39, 0.29) is 23.3 Å². The zero-order chi connectivity index (χ0) is 21.8. The minimum Gasteiger partial charge on any atom is -0.350 e. The van der Waals surface area contributed by atoms with Gasteiger partial charge in [-0.05, 0) is 43.0 Å². The van der Waals surface area contributed by atoms with E-state index < -0.39 is 0 Å². The molecule has 6 nitrogen and oxygen atoms in total. The average Bonchev–Trinajstić information content (AvgIpc) is 3.11. The standard InChI is InChI=1S/C24H25FN4O2/c1-17-5-2-6-18(13-17)9-10-26-23(30)21-15-22-24(31)28(11-4-12-29(22)27-21)16-19-7-3-8-20(25)14-19/h2-3,5-8,13-15H,4,9-12,16H2,1H3,(H,26,30). The number of aryl methyl sites for hydroxylation is 2. The summed E-state index contributed by atoms with van der Waals surface area (Å²) in [4.78, 5) is 27.3. The van der Waals surface area contributed by atoms with Gasteiger partial charge in [0.05, 0.1) is 0 Å². The highest BCUT2D eigenvalue weighted by Crippen LogP contribution is 2.17. The Bertz CT molecular complexity index is 1110. The maximum atomic E-state index is 13.5. The molecular weight excluding hydrogens is 395 g/mol. The van der Waals surface area contributed by atoms with Crippen molar-refractivity contribution in [1.29, 1.82) is 0 Å². The maximum absolute atomic E-state index is 13.5. The summed E-state index contributed by atoms with van der Waals surface area (Å²) in [5.41, 5.74) is 3.69. The first kappa shape index (κ1) is 20.8. The lowest BCUT2D eigenvalue weighted by molar-refractivity contribution is 0.0745. The molecule has 2 aromatic carbocycles. The Kier molecular flexibility index (Phi) is 6.11. The Balaban J connectivity index is 1.41. The van der Waals surface area contributed by atoms with Crippen molar-refractivity contribution in [1.82, 2.24) is 20.0 Å². The third-order valence-corrected chi connectivity index (χ3v) is 5.36. The smallest absolute Gasteiger partial charge is 0.272 e. The number of carbonyl (C=O) groups is 2. The Hall–Kier alpha value is -3.48. The lowest BCUT2D eigenvalue weighted by Crippen LogP contribution is -2.30. The molecule has 0 fully saturated rings. The van der Waals surface area contributed by atoms with Crippen molar-refractivity contribution in [2.45, 2.75) is 32.9 Å². The lowest BCUT2D eigenvalue weighted by atomic mass is 10.1. The van der Waals surface area contributed by atoms with Crippen molar-refractivity contribution in [3.8, 4) is 0 Å². The summed E-state index contributed by atoms with van der Waals surface area (Å²) in [5, 5.41) is 7.24. The molecule has 0 saturated heterocycles. The van der Waals surface area contributed by atoms with Crippen LogP contribution >= 0.6 is 0 Å². The molecule has 0 bridgehead atoms. The van der Waals surface area contributed by atoms with Gasteiger partial charge < -0.3 is 10.2 Å². The topological polar surface area (TPSA) is 67.2 Å². The molecule has 2 heterocycles. The molecule has 1 aromatic heterocycles. The van der Waals surface area contributed by atoms with E-state index in [0.717, 1.165) is 17.5 Å². The van der Waals surface area contributed by atoms with Gasteiger partial charge in [-0.15, -0.1) is 0 Å². The molecule has 0 spiro atoms. The van der Waals surface area contributed by atoms with Gasteiger partial charge in [-0.1, -0.05) is 42.0 Å². The lowest BCUT2D eigenvalue weighted by Gasteiger charge is -2.20. The summed E-state index contributed by atoms with van der Waals surface area (Å²) in [5.74, 6) is -0.819. The molecular formula is C24H25FN4O2. The molecule has 160 valence electrons. The first-order valence-corrected chi connectivity index (χ1v) is 10.4. The summed E-state index contributed by atoms with van der Waals surface area (Å²) in [6.45, 7) is 3.95. The first-order valence-electron chi connectivity index (χ1n) is 10.4. The molecule has 1 aliphatic rings. The molecule has 0 atom stereocenters. The van der Waals surface area contributed by atoms with Crippen molar-refractivity contribution in [3.63, 3.8) is 0 Å². The van der Waals surface area contributed by atoms with Crippen LogP contribution in [-0.2, 0) is 19.5 Å². The minimum absolute atomic E-state index is 0.201. The second-order valence-electron chi connectivity index (χ2n) is 7.84. The van der Waals surface area contributed by atoms with Gasteiger partial charge in [-0.25, -0.2) is 4.39 Å². The highest BCUT2D eigenvalue weighted by Gasteiger charge is 2.26. The summed E-state index contributed by atoms with van der Waals surface area (Å²) in [7, 11) is 0. The van der Waals surface area contributed by atoms with Gasteiger partial charge in [0.15, 0.2) is 5.69 Å². The van der Waals surface area contributed by atoms with E-state index in [1.807, 2.05) is 25.1 Å². The Morgan fingerprint density at radius 3 is 2.71 bits per heavy atom. The third kappa shape index (κ3) is 4.99. The first-order chi connectivity index (χ1) is 15.0. The second kappa shape index (κ2) is 9.12. The van der Waals surface area contributed by atoms with Crippen molar-refractivity contribution >= 4 is 11.8 Å². The molecule has 31 heavy (non-hydrogen) atoms. The number of fused-ring (bicyclic) bond motifs is 1. The van der Waals surface area contributed by atoms with Crippen LogP contribution in [0.1, 0.15) is 44.1 Å². The fourth-order valence-corrected chi connectivity index (χ4v) is 3.83. The largest absolute Gasteiger partial charge is 0.350 e. The van der Waals surface area contributed by atoms with Crippen LogP contribution < -0.4 is 5.32 Å². The van der Waals surface area contributed by atoms with Gasteiger partial charge >= 0.3 is 0 Å². The Morgan fingerprint density at radius 1 is 1.10 bits per heavy atom. The van der Waals surface area contributed by atoms with Crippen molar-refractivity contribution in [3.05, 3.63) is 88.5 Å². The molecule has 0 unspecified atom stereocenters. The van der Waals surface area contributed by atoms with Crippen LogP contribution in [0.25, 0.3) is 0 Å². The molecule has 0 aliphatic carbocycles. The van der Waals surface area contributed by atoms with E-state index in [2.05, 4.69) is 16.5 Å². The van der Waals surface area contributed by atoms with Crippen molar-refractivity contribution < 1.29 is 14.0 Å². The summed E-state index contributed by atoms with van der Waals surface area (Å²) < 4.78 is 15.1. The van der Waals surface area contributed by atoms with E-state index >= 15 is 0 Å². The fraction of sp³-hybridized carbons (Fsp3) is 0.292. The Labute approximate surface area is 180 Å². The number of benzene rings is 2. The van der Waals surface area contributed by atoms with Crippen LogP contribution in [-0.4, -0.2) is 39.6 Å². The van der Waals surface area contributed by atoms with Gasteiger partial charge in [-0.2, -0.15) is 5.10 Å². The third-order valence-electron chi connectivity index (χ3n) is 5.36. The quantitative estimate of drug-likeness (QED) is 0.665. The number of hydrogen-bond acceptors (Lipinski definition) is 3. The molecule has 7 heteroatoms. The molecule has 3 aromatic rings. The SMILES string of the molecule is Cc1cccc(CCNC(=O)c2cc3n(n2)CCCN(Cc2cccc(F)c2)C3=O)c1. The van der Waals surface area contributed by atoms with E-state index in [4.69, 9.17) is 0 Å². The van der Waals surface area contributed by atoms with Crippen molar-refractivity contribution in [2.24, 2.45) is 0 Å². The number of carbonyl (C=O) groups excluding carboxylic acids is 2. The highest BCUT2D eigenvalue weighted by molar-refractivity contribution is 5.98. The van der Waals surface area contributed by atoms with Crippen LogP contribution in [0, 0.1) is 12.7 Å². The predicted octanol–water partition coefficient (Wildman–Crippen LogP) is 3.35. The molecule has 1 N–H and O–H groups in total. The van der Waals surface area contributed by atoms with E-state index in [0.29, 0.717) is 38.3 Å². The molecule has 0 radical (unpaired) electrons. The zero-order valence-electron chi connectivity index (χ0n) is 17.5. The number of nitrogens with one attached hydrogen (secondary N) is 1. The van der Waals surface area contributed by atoms with Gasteiger partial charge in [0.1, 0.15) is 11.5 Å². The predicted molar refractivity (Wildman–Crippen MR) is 115 cm³/mol. The van der Waals surface area contributed by atoms with Gasteiger partial charge in [0.2, 0.25) is 0 Å².